The molecule has 2 saturated carbocycles. The minimum atomic E-state index is 0. The molecule has 0 unspecified atom stereocenters. The van der Waals surface area contributed by atoms with E-state index in [1.54, 1.807) is 23.3 Å². The molecule has 2 fully saturated rings. The molecular formula is C58H64Cl2SiZr-2. The largest absolute Gasteiger partial charge is 1.00 e. The van der Waals surface area contributed by atoms with Crippen LogP contribution in [-0.2, 0) is 36.2 Å². The molecule has 0 aromatic heterocycles. The summed E-state index contributed by atoms with van der Waals surface area (Å²) in [5.74, 6) is 0. The molecule has 8 aromatic carbocycles. The standard InChI is InChI=1S/2C28H29.C2H6Si.2ClH.Zr/c2*1-28(15-6-2-3-7-16-28)20-21-17-24-11-8-12-26(27(24)18-21)25-14-13-22-9-4-5-10-23(22)19-25;1-3-2;;;/h2*4-5,8-14,17-19H,2-3,6-7,15-16,20H2,1H3;1-2H3;2*1H;/q2*-1;;;;+2/p-2. The third kappa shape index (κ3) is 12.1. The Kier molecular flexibility index (Phi) is 17.2. The zero-order valence-corrected chi connectivity index (χ0v) is 42.5. The van der Waals surface area contributed by atoms with Crippen molar-refractivity contribution in [2.45, 2.75) is 117 Å². The topological polar surface area (TPSA) is 0 Å². The van der Waals surface area contributed by atoms with E-state index < -0.39 is 0 Å². The fourth-order valence-electron chi connectivity index (χ4n) is 10.5. The van der Waals surface area contributed by atoms with Crippen molar-refractivity contribution in [1.82, 2.24) is 0 Å². The van der Waals surface area contributed by atoms with Crippen molar-refractivity contribution in [1.29, 1.82) is 0 Å². The Morgan fingerprint density at radius 3 is 1.18 bits per heavy atom. The van der Waals surface area contributed by atoms with Crippen LogP contribution < -0.4 is 24.8 Å². The monoisotopic (exact) mass is 948 g/mol. The summed E-state index contributed by atoms with van der Waals surface area (Å²) in [6.07, 6.45) is 19.3. The van der Waals surface area contributed by atoms with E-state index in [1.165, 1.54) is 166 Å². The van der Waals surface area contributed by atoms with Gasteiger partial charge in [0.25, 0.3) is 0 Å². The predicted octanol–water partition coefficient (Wildman–Crippen LogP) is 11.4. The number of rotatable bonds is 6. The third-order valence-corrected chi connectivity index (χ3v) is 13.6. The molecule has 2 aliphatic rings. The summed E-state index contributed by atoms with van der Waals surface area (Å²) < 4.78 is 0. The van der Waals surface area contributed by atoms with Crippen LogP contribution in [0.1, 0.15) is 102 Å². The Balaban J connectivity index is 0.000000185. The van der Waals surface area contributed by atoms with Crippen LogP contribution >= 0.6 is 0 Å². The van der Waals surface area contributed by atoms with Gasteiger partial charge in [-0.25, -0.2) is 0 Å². The van der Waals surface area contributed by atoms with Gasteiger partial charge in [0.2, 0.25) is 0 Å². The first-order chi connectivity index (χ1) is 29.1. The molecule has 0 aliphatic heterocycles. The first-order valence-electron chi connectivity index (χ1n) is 23.0. The van der Waals surface area contributed by atoms with E-state index in [-0.39, 0.29) is 30.2 Å². The maximum absolute atomic E-state index is 2.51. The summed E-state index contributed by atoms with van der Waals surface area (Å²) in [5, 5.41) is 10.8. The summed E-state index contributed by atoms with van der Waals surface area (Å²) in [5.41, 5.74) is 9.57. The number of hydrogen-bond donors (Lipinski definition) is 0. The van der Waals surface area contributed by atoms with Crippen molar-refractivity contribution >= 4 is 48.5 Å². The SMILES string of the molecule is CC1(Cc2cc3c(-c4ccc5ccccc5c4)cccc3[cH-]2)CCCCCC1.CC1(Cc2cc3c(-c4ccc5ccccc5c4)cccc3[cH-]2)CCCCCC1.C[Si](C)=[Zr+2].[Cl-].[Cl-]. The fourth-order valence-corrected chi connectivity index (χ4v) is 10.5. The average molecular weight is 951 g/mol. The van der Waals surface area contributed by atoms with Crippen LogP contribution in [0.2, 0.25) is 13.1 Å². The van der Waals surface area contributed by atoms with Gasteiger partial charge in [-0.05, 0) is 94.2 Å². The van der Waals surface area contributed by atoms with Crippen molar-refractivity contribution in [3.05, 3.63) is 157 Å². The van der Waals surface area contributed by atoms with Gasteiger partial charge in [0.15, 0.2) is 0 Å². The number of hydrogen-bond acceptors (Lipinski definition) is 0. The zero-order valence-electron chi connectivity index (χ0n) is 37.5. The van der Waals surface area contributed by atoms with Gasteiger partial charge in [-0.15, -0.1) is 69.1 Å². The van der Waals surface area contributed by atoms with Crippen LogP contribution in [0.25, 0.3) is 65.3 Å². The van der Waals surface area contributed by atoms with Crippen molar-refractivity contribution in [2.75, 3.05) is 0 Å². The molecule has 320 valence electrons. The first kappa shape index (κ1) is 48.2. The van der Waals surface area contributed by atoms with E-state index in [1.807, 2.05) is 0 Å². The average Bonchev–Trinajstić information content (AvgIpc) is 3.70. The van der Waals surface area contributed by atoms with Gasteiger partial charge >= 0.3 is 41.9 Å². The zero-order chi connectivity index (χ0) is 41.5. The van der Waals surface area contributed by atoms with E-state index in [2.05, 4.69) is 173 Å². The second-order valence-electron chi connectivity index (χ2n) is 19.3. The molecule has 0 bridgehead atoms. The van der Waals surface area contributed by atoms with Gasteiger partial charge in [-0.3, -0.25) is 0 Å². The molecule has 0 N–H and O–H groups in total. The molecule has 0 nitrogen and oxygen atoms in total. The molecule has 62 heavy (non-hydrogen) atoms. The summed E-state index contributed by atoms with van der Waals surface area (Å²) in [4.78, 5) is 0. The minimum Gasteiger partial charge on any atom is -1.00 e. The van der Waals surface area contributed by atoms with Crippen LogP contribution in [0.15, 0.2) is 146 Å². The maximum Gasteiger partial charge on any atom is -1.00 e. The Bertz CT molecular complexity index is 2510. The van der Waals surface area contributed by atoms with Crippen LogP contribution in [0.4, 0.5) is 0 Å². The summed E-state index contributed by atoms with van der Waals surface area (Å²) in [6, 6.07) is 54.4. The molecule has 0 amide bonds. The van der Waals surface area contributed by atoms with Crippen LogP contribution in [0.5, 0.6) is 0 Å². The second kappa shape index (κ2) is 22.1. The predicted molar refractivity (Wildman–Crippen MR) is 261 cm³/mol. The second-order valence-corrected chi connectivity index (χ2v) is 28.6. The maximum atomic E-state index is 2.51. The smallest absolute Gasteiger partial charge is 1.00 e. The van der Waals surface area contributed by atoms with E-state index in [0.29, 0.717) is 10.8 Å². The summed E-state index contributed by atoms with van der Waals surface area (Å²) in [7, 11) is 0. The van der Waals surface area contributed by atoms with Gasteiger partial charge in [-0.1, -0.05) is 161 Å². The molecule has 0 spiro atoms. The fraction of sp³-hybridized carbons (Fsp3) is 0.345. The van der Waals surface area contributed by atoms with Gasteiger partial charge in [0, 0.05) is 0 Å². The van der Waals surface area contributed by atoms with E-state index in [4.69, 9.17) is 0 Å². The Morgan fingerprint density at radius 2 is 0.806 bits per heavy atom. The molecule has 0 heterocycles. The Labute approximate surface area is 400 Å². The molecular weight excluding hydrogens is 887 g/mol. The minimum absolute atomic E-state index is 0. The third-order valence-electron chi connectivity index (χ3n) is 13.6. The molecule has 0 saturated heterocycles. The number of fused-ring (bicyclic) bond motifs is 4. The normalized spacial score (nSPS) is 15.8. The van der Waals surface area contributed by atoms with Gasteiger partial charge in [0.05, 0.1) is 0 Å². The number of halogens is 2. The van der Waals surface area contributed by atoms with Crippen molar-refractivity contribution in [3.8, 4) is 22.3 Å². The molecule has 0 radical (unpaired) electrons. The van der Waals surface area contributed by atoms with E-state index in [0.717, 1.165) is 0 Å². The van der Waals surface area contributed by atoms with Crippen molar-refractivity contribution in [3.63, 3.8) is 0 Å². The summed E-state index contributed by atoms with van der Waals surface area (Å²) >= 11 is 1.74. The molecule has 2 aliphatic carbocycles. The summed E-state index contributed by atoms with van der Waals surface area (Å²) in [6.45, 7) is 9.65. The van der Waals surface area contributed by atoms with Crippen molar-refractivity contribution < 1.29 is 48.1 Å². The van der Waals surface area contributed by atoms with Crippen molar-refractivity contribution in [2.24, 2.45) is 10.8 Å². The Hall–Kier alpha value is -3.26. The van der Waals surface area contributed by atoms with Crippen LogP contribution in [0.3, 0.4) is 0 Å². The first-order valence-corrected chi connectivity index (χ1v) is 29.2. The van der Waals surface area contributed by atoms with Gasteiger partial charge in [0.1, 0.15) is 0 Å². The van der Waals surface area contributed by atoms with E-state index in [9.17, 15) is 0 Å². The van der Waals surface area contributed by atoms with Gasteiger partial charge < -0.3 is 24.8 Å². The molecule has 0 atom stereocenters. The molecule has 4 heteroatoms. The number of benzene rings is 6. The van der Waals surface area contributed by atoms with E-state index >= 15 is 0 Å². The van der Waals surface area contributed by atoms with Gasteiger partial charge in [-0.2, -0.15) is 12.1 Å². The van der Waals surface area contributed by atoms with Crippen LogP contribution in [-0.4, -0.2) is 5.43 Å². The quantitative estimate of drug-likeness (QED) is 0.0885. The molecule has 8 aromatic rings. The Morgan fingerprint density at radius 1 is 0.452 bits per heavy atom. The molecule has 10 rings (SSSR count). The van der Waals surface area contributed by atoms with Crippen LogP contribution in [0, 0.1) is 10.8 Å².